The van der Waals surface area contributed by atoms with Crippen LogP contribution in [0.3, 0.4) is 0 Å². The molecule has 1 saturated carbocycles. The number of carbonyl (C=O) groups is 2. The average Bonchev–Trinajstić information content (AvgIpc) is 3.10. The van der Waals surface area contributed by atoms with Crippen LogP contribution in [0.15, 0.2) is 24.3 Å². The van der Waals surface area contributed by atoms with Crippen LogP contribution in [0.5, 0.6) is 0 Å². The summed E-state index contributed by atoms with van der Waals surface area (Å²) in [6.07, 6.45) is 3.77. The molecule has 6 heteroatoms. The Bertz CT molecular complexity index is 576. The Morgan fingerprint density at radius 3 is 2.22 bits per heavy atom. The fourth-order valence-corrected chi connectivity index (χ4v) is 6.04. The van der Waals surface area contributed by atoms with E-state index in [0.29, 0.717) is 23.0 Å². The van der Waals surface area contributed by atoms with Gasteiger partial charge in [0.25, 0.3) is 5.91 Å². The summed E-state index contributed by atoms with van der Waals surface area (Å²) in [7, 11) is 0. The average molecular weight is 351 g/mol. The lowest BCUT2D eigenvalue weighted by Crippen LogP contribution is -2.55. The monoisotopic (exact) mass is 351 g/mol. The molecule has 0 aromatic heterocycles. The molecule has 3 rings (SSSR count). The fraction of sp³-hybridized carbons (Fsp3) is 0.529. The first kappa shape index (κ1) is 16.7. The number of benzene rings is 1. The highest BCUT2D eigenvalue weighted by molar-refractivity contribution is 8.19. The second-order valence-corrected chi connectivity index (χ2v) is 8.82. The van der Waals surface area contributed by atoms with Crippen molar-refractivity contribution < 1.29 is 14.7 Å². The van der Waals surface area contributed by atoms with Gasteiger partial charge in [0.05, 0.1) is 4.58 Å². The van der Waals surface area contributed by atoms with Crippen LogP contribution in [0, 0.1) is 0 Å². The number of nitrogens with one attached hydrogen (secondary N) is 1. The molecule has 1 amide bonds. The maximum absolute atomic E-state index is 12.5. The number of amides is 1. The maximum atomic E-state index is 12.5. The molecule has 0 radical (unpaired) electrons. The van der Waals surface area contributed by atoms with Gasteiger partial charge < -0.3 is 10.4 Å². The molecule has 1 aliphatic carbocycles. The van der Waals surface area contributed by atoms with Crippen molar-refractivity contribution in [2.45, 2.75) is 42.2 Å². The van der Waals surface area contributed by atoms with Gasteiger partial charge in [-0.2, -0.15) is 0 Å². The number of carboxylic acids is 1. The third-order valence-corrected chi connectivity index (χ3v) is 7.64. The van der Waals surface area contributed by atoms with Gasteiger partial charge in [-0.15, -0.1) is 23.5 Å². The van der Waals surface area contributed by atoms with Crippen LogP contribution in [-0.2, 0) is 4.79 Å². The molecular weight excluding hydrogens is 330 g/mol. The van der Waals surface area contributed by atoms with Crippen LogP contribution in [0.4, 0.5) is 0 Å². The number of carboxylic acid groups (broad SMARTS) is 1. The van der Waals surface area contributed by atoms with Crippen molar-refractivity contribution in [3.63, 3.8) is 0 Å². The summed E-state index contributed by atoms with van der Waals surface area (Å²) >= 11 is 3.85. The molecule has 2 N–H and O–H groups in total. The Morgan fingerprint density at radius 1 is 1.04 bits per heavy atom. The minimum Gasteiger partial charge on any atom is -0.480 e. The first-order chi connectivity index (χ1) is 11.1. The number of aliphatic carboxylic acids is 1. The topological polar surface area (TPSA) is 66.4 Å². The minimum atomic E-state index is -1.09. The van der Waals surface area contributed by atoms with E-state index in [4.69, 9.17) is 0 Å². The molecule has 1 aromatic rings. The molecule has 0 atom stereocenters. The Hall–Kier alpha value is -1.14. The van der Waals surface area contributed by atoms with E-state index < -0.39 is 11.5 Å². The zero-order valence-electron chi connectivity index (χ0n) is 12.9. The normalized spacial score (nSPS) is 21.0. The summed E-state index contributed by atoms with van der Waals surface area (Å²) in [5.41, 5.74) is 0.665. The van der Waals surface area contributed by atoms with E-state index in [1.807, 2.05) is 47.8 Å². The zero-order valence-corrected chi connectivity index (χ0v) is 14.5. The predicted octanol–water partition coefficient (Wildman–Crippen LogP) is 3.68. The van der Waals surface area contributed by atoms with Crippen molar-refractivity contribution in [2.75, 3.05) is 11.5 Å². The number of rotatable bonds is 4. The molecule has 2 fully saturated rings. The van der Waals surface area contributed by atoms with Crippen molar-refractivity contribution in [2.24, 2.45) is 0 Å². The van der Waals surface area contributed by atoms with Crippen LogP contribution >= 0.6 is 23.5 Å². The molecule has 1 aliphatic heterocycles. The van der Waals surface area contributed by atoms with E-state index in [1.165, 1.54) is 17.1 Å². The Kier molecular flexibility index (Phi) is 5.21. The summed E-state index contributed by atoms with van der Waals surface area (Å²) in [5.74, 6) is 1.13. The lowest BCUT2D eigenvalue weighted by atomic mass is 9.81. The lowest BCUT2D eigenvalue weighted by molar-refractivity contribution is -0.145. The molecule has 0 unspecified atom stereocenters. The van der Waals surface area contributed by atoms with Gasteiger partial charge in [0.1, 0.15) is 5.54 Å². The first-order valence-corrected chi connectivity index (χ1v) is 10.1. The molecule has 0 bridgehead atoms. The summed E-state index contributed by atoms with van der Waals surface area (Å²) in [6.45, 7) is 0. The summed E-state index contributed by atoms with van der Waals surface area (Å²) in [4.78, 5) is 24.1. The smallest absolute Gasteiger partial charge is 0.329 e. The molecule has 2 aliphatic rings. The highest BCUT2D eigenvalue weighted by Crippen LogP contribution is 2.45. The fourth-order valence-electron chi connectivity index (χ4n) is 3.18. The molecule has 0 spiro atoms. The van der Waals surface area contributed by atoms with Crippen LogP contribution in [0.1, 0.15) is 52.6 Å². The number of hydrogen-bond donors (Lipinski definition) is 2. The second-order valence-electron chi connectivity index (χ2n) is 6.10. The second kappa shape index (κ2) is 7.18. The Balaban J connectivity index is 1.70. The van der Waals surface area contributed by atoms with Crippen molar-refractivity contribution in [3.05, 3.63) is 35.4 Å². The first-order valence-electron chi connectivity index (χ1n) is 8.00. The van der Waals surface area contributed by atoms with Gasteiger partial charge in [0.15, 0.2) is 0 Å². The molecule has 1 saturated heterocycles. The molecule has 1 heterocycles. The van der Waals surface area contributed by atoms with E-state index in [9.17, 15) is 14.7 Å². The van der Waals surface area contributed by atoms with E-state index in [-0.39, 0.29) is 5.91 Å². The van der Waals surface area contributed by atoms with Crippen LogP contribution < -0.4 is 5.32 Å². The molecular formula is C17H21NO3S2. The maximum Gasteiger partial charge on any atom is 0.329 e. The largest absolute Gasteiger partial charge is 0.480 e. The highest BCUT2D eigenvalue weighted by Gasteiger charge is 2.41. The summed E-state index contributed by atoms with van der Waals surface area (Å²) < 4.78 is 0.454. The SMILES string of the molecule is O=C(NC1(C(=O)O)CCCCC1)c1ccc(C2SCCS2)cc1. The van der Waals surface area contributed by atoms with Gasteiger partial charge in [-0.1, -0.05) is 31.4 Å². The minimum absolute atomic E-state index is 0.285. The predicted molar refractivity (Wildman–Crippen MR) is 95.0 cm³/mol. The van der Waals surface area contributed by atoms with Crippen molar-refractivity contribution in [1.29, 1.82) is 0 Å². The van der Waals surface area contributed by atoms with E-state index in [1.54, 1.807) is 0 Å². The van der Waals surface area contributed by atoms with Crippen LogP contribution in [0.25, 0.3) is 0 Å². The molecule has 4 nitrogen and oxygen atoms in total. The van der Waals surface area contributed by atoms with Crippen LogP contribution in [-0.4, -0.2) is 34.0 Å². The Labute approximate surface area is 144 Å². The van der Waals surface area contributed by atoms with Gasteiger partial charge in [-0.25, -0.2) is 4.79 Å². The molecule has 124 valence electrons. The number of carbonyl (C=O) groups excluding carboxylic acids is 1. The van der Waals surface area contributed by atoms with Crippen molar-refractivity contribution in [3.8, 4) is 0 Å². The highest BCUT2D eigenvalue weighted by atomic mass is 32.2. The van der Waals surface area contributed by atoms with Gasteiger partial charge in [-0.3, -0.25) is 4.79 Å². The number of hydrogen-bond acceptors (Lipinski definition) is 4. The number of thioether (sulfide) groups is 2. The van der Waals surface area contributed by atoms with Crippen LogP contribution in [0.2, 0.25) is 0 Å². The van der Waals surface area contributed by atoms with Crippen molar-refractivity contribution in [1.82, 2.24) is 5.32 Å². The third-order valence-electron chi connectivity index (χ3n) is 4.54. The Morgan fingerprint density at radius 2 is 1.65 bits per heavy atom. The van der Waals surface area contributed by atoms with Crippen molar-refractivity contribution >= 4 is 35.4 Å². The summed E-state index contributed by atoms with van der Waals surface area (Å²) in [5, 5.41) is 12.3. The summed E-state index contributed by atoms with van der Waals surface area (Å²) in [6, 6.07) is 7.59. The van der Waals surface area contributed by atoms with Gasteiger partial charge in [0, 0.05) is 17.1 Å². The van der Waals surface area contributed by atoms with Gasteiger partial charge in [0.2, 0.25) is 0 Å². The van der Waals surface area contributed by atoms with E-state index in [0.717, 1.165) is 19.3 Å². The van der Waals surface area contributed by atoms with E-state index in [2.05, 4.69) is 5.32 Å². The molecule has 23 heavy (non-hydrogen) atoms. The molecule has 1 aromatic carbocycles. The zero-order chi connectivity index (χ0) is 16.3. The standard InChI is InChI=1S/C17H21NO3S2/c19-14(18-17(16(20)21)8-2-1-3-9-17)12-4-6-13(7-5-12)15-22-10-11-23-15/h4-7,15H,1-3,8-11H2,(H,18,19)(H,20,21). The van der Waals surface area contributed by atoms with E-state index >= 15 is 0 Å². The third kappa shape index (κ3) is 3.69. The van der Waals surface area contributed by atoms with Gasteiger partial charge in [-0.05, 0) is 30.5 Å². The quantitative estimate of drug-likeness (QED) is 0.866. The van der Waals surface area contributed by atoms with Gasteiger partial charge >= 0.3 is 5.97 Å². The lowest BCUT2D eigenvalue weighted by Gasteiger charge is -2.34.